The molecule has 6 nitrogen and oxygen atoms in total. The van der Waals surface area contributed by atoms with Gasteiger partial charge in [-0.2, -0.15) is 5.10 Å². The molecular formula is C14H19N5O. The van der Waals surface area contributed by atoms with Gasteiger partial charge in [-0.25, -0.2) is 4.98 Å². The van der Waals surface area contributed by atoms with Crippen LogP contribution in [0, 0.1) is 6.92 Å². The number of aromatic amines is 1. The Balaban J connectivity index is 1.90. The summed E-state index contributed by atoms with van der Waals surface area (Å²) >= 11 is 0. The Morgan fingerprint density at radius 3 is 2.80 bits per heavy atom. The lowest BCUT2D eigenvalue weighted by atomic mass is 10.2. The second kappa shape index (κ2) is 6.70. The third kappa shape index (κ3) is 3.57. The molecule has 0 bridgehead atoms. The third-order valence-electron chi connectivity index (χ3n) is 2.96. The van der Waals surface area contributed by atoms with Crippen molar-refractivity contribution in [3.8, 4) is 0 Å². The summed E-state index contributed by atoms with van der Waals surface area (Å²) in [4.78, 5) is 16.2. The molecule has 6 heteroatoms. The average molecular weight is 273 g/mol. The Morgan fingerprint density at radius 1 is 1.35 bits per heavy atom. The van der Waals surface area contributed by atoms with E-state index >= 15 is 0 Å². The predicted octanol–water partition coefficient (Wildman–Crippen LogP) is 1.87. The van der Waals surface area contributed by atoms with E-state index in [2.05, 4.69) is 32.7 Å². The molecule has 0 atom stereocenters. The lowest BCUT2D eigenvalue weighted by Gasteiger charge is -2.06. The lowest BCUT2D eigenvalue weighted by Crippen LogP contribution is -2.23. The normalized spacial score (nSPS) is 10.3. The van der Waals surface area contributed by atoms with Crippen molar-refractivity contribution in [3.05, 3.63) is 41.3 Å². The van der Waals surface area contributed by atoms with E-state index < -0.39 is 0 Å². The van der Waals surface area contributed by atoms with Gasteiger partial charge in [-0.1, -0.05) is 6.92 Å². The molecular weight excluding hydrogens is 254 g/mol. The highest BCUT2D eigenvalue weighted by Gasteiger charge is 2.07. The van der Waals surface area contributed by atoms with Gasteiger partial charge < -0.3 is 10.6 Å². The monoisotopic (exact) mass is 273 g/mol. The first-order valence-corrected chi connectivity index (χ1v) is 6.67. The summed E-state index contributed by atoms with van der Waals surface area (Å²) in [6.45, 7) is 5.34. The Labute approximate surface area is 118 Å². The van der Waals surface area contributed by atoms with Gasteiger partial charge in [0.2, 0.25) is 0 Å². The average Bonchev–Trinajstić information content (AvgIpc) is 2.88. The van der Waals surface area contributed by atoms with Crippen molar-refractivity contribution >= 4 is 11.7 Å². The maximum absolute atomic E-state index is 12.0. The molecule has 0 saturated heterocycles. The van der Waals surface area contributed by atoms with Crippen LogP contribution in [0.25, 0.3) is 0 Å². The van der Waals surface area contributed by atoms with Crippen LogP contribution in [0.4, 0.5) is 5.82 Å². The molecule has 0 spiro atoms. The molecule has 0 saturated carbocycles. The molecule has 3 N–H and O–H groups in total. The van der Waals surface area contributed by atoms with Gasteiger partial charge in [-0.05, 0) is 25.5 Å². The van der Waals surface area contributed by atoms with E-state index in [4.69, 9.17) is 0 Å². The van der Waals surface area contributed by atoms with Gasteiger partial charge >= 0.3 is 0 Å². The topological polar surface area (TPSA) is 82.7 Å². The fourth-order valence-corrected chi connectivity index (χ4v) is 1.72. The predicted molar refractivity (Wildman–Crippen MR) is 77.5 cm³/mol. The van der Waals surface area contributed by atoms with Crippen LogP contribution in [-0.4, -0.2) is 27.6 Å². The van der Waals surface area contributed by atoms with E-state index in [1.54, 1.807) is 18.5 Å². The highest BCUT2D eigenvalue weighted by Crippen LogP contribution is 2.06. The number of aryl methyl sites for hydroxylation is 1. The summed E-state index contributed by atoms with van der Waals surface area (Å²) < 4.78 is 0. The Bertz CT molecular complexity index is 561. The van der Waals surface area contributed by atoms with Crippen LogP contribution in [0.15, 0.2) is 24.5 Å². The number of hydrogen-bond donors (Lipinski definition) is 3. The summed E-state index contributed by atoms with van der Waals surface area (Å²) in [6.07, 6.45) is 4.33. The Morgan fingerprint density at radius 2 is 2.20 bits per heavy atom. The van der Waals surface area contributed by atoms with Crippen LogP contribution in [0.2, 0.25) is 0 Å². The molecule has 0 unspecified atom stereocenters. The number of nitrogens with one attached hydrogen (secondary N) is 3. The van der Waals surface area contributed by atoms with Gasteiger partial charge in [0.15, 0.2) is 0 Å². The van der Waals surface area contributed by atoms with Gasteiger partial charge in [0.25, 0.3) is 5.91 Å². The van der Waals surface area contributed by atoms with Crippen molar-refractivity contribution in [3.63, 3.8) is 0 Å². The molecule has 0 aliphatic carbocycles. The van der Waals surface area contributed by atoms with Crippen LogP contribution in [0.3, 0.4) is 0 Å². The van der Waals surface area contributed by atoms with E-state index in [9.17, 15) is 4.79 Å². The van der Waals surface area contributed by atoms with Crippen LogP contribution in [0.5, 0.6) is 0 Å². The molecule has 0 aliphatic rings. The molecule has 2 aromatic rings. The van der Waals surface area contributed by atoms with Crippen molar-refractivity contribution in [2.24, 2.45) is 0 Å². The van der Waals surface area contributed by atoms with E-state index in [0.29, 0.717) is 12.1 Å². The minimum Gasteiger partial charge on any atom is -0.370 e. The second-order valence-corrected chi connectivity index (χ2v) is 4.56. The van der Waals surface area contributed by atoms with E-state index in [-0.39, 0.29) is 5.91 Å². The standard InChI is InChI=1S/C14H19N5O/c1-3-6-15-13-5-4-11(7-16-13)14(20)17-8-12-9-18-19-10(12)2/h4-5,7,9H,3,6,8H2,1-2H3,(H,15,16)(H,17,20)(H,18,19). The Hall–Kier alpha value is -2.37. The van der Waals surface area contributed by atoms with Crippen molar-refractivity contribution in [2.45, 2.75) is 26.8 Å². The van der Waals surface area contributed by atoms with Crippen molar-refractivity contribution in [1.29, 1.82) is 0 Å². The highest BCUT2D eigenvalue weighted by molar-refractivity contribution is 5.94. The number of aromatic nitrogens is 3. The van der Waals surface area contributed by atoms with Crippen molar-refractivity contribution < 1.29 is 4.79 Å². The van der Waals surface area contributed by atoms with E-state index in [0.717, 1.165) is 30.0 Å². The van der Waals surface area contributed by atoms with Crippen LogP contribution in [-0.2, 0) is 6.54 Å². The maximum Gasteiger partial charge on any atom is 0.253 e. The zero-order chi connectivity index (χ0) is 14.4. The molecule has 0 aliphatic heterocycles. The number of nitrogens with zero attached hydrogens (tertiary/aromatic N) is 2. The number of anilines is 1. The number of rotatable bonds is 6. The Kier molecular flexibility index (Phi) is 4.70. The smallest absolute Gasteiger partial charge is 0.253 e. The molecule has 2 aromatic heterocycles. The van der Waals surface area contributed by atoms with Crippen LogP contribution in [0.1, 0.15) is 35.0 Å². The second-order valence-electron chi connectivity index (χ2n) is 4.56. The maximum atomic E-state index is 12.0. The highest BCUT2D eigenvalue weighted by atomic mass is 16.1. The molecule has 0 radical (unpaired) electrons. The summed E-state index contributed by atoms with van der Waals surface area (Å²) in [5, 5.41) is 12.8. The third-order valence-corrected chi connectivity index (χ3v) is 2.96. The van der Waals surface area contributed by atoms with Gasteiger partial charge in [0.05, 0.1) is 11.8 Å². The van der Waals surface area contributed by atoms with Gasteiger partial charge in [0.1, 0.15) is 5.82 Å². The number of hydrogen-bond acceptors (Lipinski definition) is 4. The summed E-state index contributed by atoms with van der Waals surface area (Å²) in [7, 11) is 0. The molecule has 106 valence electrons. The number of carbonyl (C=O) groups is 1. The lowest BCUT2D eigenvalue weighted by molar-refractivity contribution is 0.0950. The number of H-pyrrole nitrogens is 1. The zero-order valence-corrected chi connectivity index (χ0v) is 11.7. The number of pyridine rings is 1. The fourth-order valence-electron chi connectivity index (χ4n) is 1.72. The van der Waals surface area contributed by atoms with Crippen LogP contribution >= 0.6 is 0 Å². The van der Waals surface area contributed by atoms with Gasteiger partial charge in [0, 0.05) is 30.5 Å². The molecule has 2 heterocycles. The molecule has 0 aromatic carbocycles. The van der Waals surface area contributed by atoms with Gasteiger partial charge in [-0.15, -0.1) is 0 Å². The number of amides is 1. The fraction of sp³-hybridized carbons (Fsp3) is 0.357. The zero-order valence-electron chi connectivity index (χ0n) is 11.7. The summed E-state index contributed by atoms with van der Waals surface area (Å²) in [5.41, 5.74) is 2.49. The minimum atomic E-state index is -0.139. The first kappa shape index (κ1) is 14.0. The SMILES string of the molecule is CCCNc1ccc(C(=O)NCc2cn[nH]c2C)cn1. The van der Waals surface area contributed by atoms with Gasteiger partial charge in [-0.3, -0.25) is 9.89 Å². The summed E-state index contributed by atoms with van der Waals surface area (Å²) in [6, 6.07) is 3.58. The van der Waals surface area contributed by atoms with Crippen molar-refractivity contribution in [1.82, 2.24) is 20.5 Å². The largest absolute Gasteiger partial charge is 0.370 e. The van der Waals surface area contributed by atoms with Crippen molar-refractivity contribution in [2.75, 3.05) is 11.9 Å². The molecule has 0 fully saturated rings. The summed E-state index contributed by atoms with van der Waals surface area (Å²) in [5.74, 6) is 0.647. The number of carbonyl (C=O) groups excluding carboxylic acids is 1. The first-order valence-electron chi connectivity index (χ1n) is 6.67. The molecule has 2 rings (SSSR count). The molecule has 1 amide bonds. The quantitative estimate of drug-likeness (QED) is 0.750. The first-order chi connectivity index (χ1) is 9.70. The minimum absolute atomic E-state index is 0.139. The molecule has 20 heavy (non-hydrogen) atoms. The van der Waals surface area contributed by atoms with E-state index in [1.165, 1.54) is 0 Å². The van der Waals surface area contributed by atoms with E-state index in [1.807, 2.05) is 13.0 Å². The van der Waals surface area contributed by atoms with Crippen LogP contribution < -0.4 is 10.6 Å².